The Hall–Kier alpha value is -2.63. The first-order chi connectivity index (χ1) is 12.2. The highest BCUT2D eigenvalue weighted by Crippen LogP contribution is 2.18. The number of benzene rings is 1. The van der Waals surface area contributed by atoms with Crippen LogP contribution in [-0.4, -0.2) is 35.7 Å². The van der Waals surface area contributed by atoms with Gasteiger partial charge in [-0.3, -0.25) is 4.79 Å². The number of nitrogens with zero attached hydrogens (tertiary/aromatic N) is 3. The number of rotatable bonds is 9. The summed E-state index contributed by atoms with van der Waals surface area (Å²) in [7, 11) is 0. The Morgan fingerprint density at radius 3 is 2.28 bits per heavy atom. The van der Waals surface area contributed by atoms with E-state index in [0.717, 1.165) is 43.9 Å². The zero-order valence-electron chi connectivity index (χ0n) is 15.2. The van der Waals surface area contributed by atoms with Crippen LogP contribution in [0.3, 0.4) is 0 Å². The van der Waals surface area contributed by atoms with Crippen molar-refractivity contribution in [1.82, 2.24) is 10.2 Å². The van der Waals surface area contributed by atoms with Crippen molar-refractivity contribution in [3.05, 3.63) is 42.1 Å². The number of carbonyl (C=O) groups is 1. The molecule has 0 unspecified atom stereocenters. The van der Waals surface area contributed by atoms with Gasteiger partial charge in [-0.15, -0.1) is 10.2 Å². The minimum absolute atomic E-state index is 0.261. The maximum absolute atomic E-state index is 12.3. The molecule has 2 N–H and O–H groups in total. The van der Waals surface area contributed by atoms with Crippen LogP contribution < -0.4 is 15.5 Å². The summed E-state index contributed by atoms with van der Waals surface area (Å²) in [5, 5.41) is 14.1. The Balaban J connectivity index is 1.95. The highest BCUT2D eigenvalue weighted by atomic mass is 16.1. The van der Waals surface area contributed by atoms with Crippen molar-refractivity contribution >= 4 is 23.1 Å². The molecule has 0 aliphatic carbocycles. The molecular weight excluding hydrogens is 314 g/mol. The van der Waals surface area contributed by atoms with Crippen molar-refractivity contribution in [3.8, 4) is 0 Å². The van der Waals surface area contributed by atoms with E-state index in [1.807, 2.05) is 24.3 Å². The molecule has 2 rings (SSSR count). The van der Waals surface area contributed by atoms with E-state index in [1.54, 1.807) is 12.1 Å². The predicted molar refractivity (Wildman–Crippen MR) is 103 cm³/mol. The van der Waals surface area contributed by atoms with Crippen LogP contribution in [0, 0.1) is 0 Å². The van der Waals surface area contributed by atoms with E-state index in [9.17, 15) is 4.79 Å². The second-order valence-corrected chi connectivity index (χ2v) is 5.76. The smallest absolute Gasteiger partial charge is 0.276 e. The fraction of sp³-hybridized carbons (Fsp3) is 0.421. The first kappa shape index (κ1) is 18.7. The van der Waals surface area contributed by atoms with E-state index < -0.39 is 0 Å². The molecular formula is C19H27N5O. The Bertz CT molecular complexity index is 651. The van der Waals surface area contributed by atoms with Crippen LogP contribution in [0.4, 0.5) is 17.2 Å². The lowest BCUT2D eigenvalue weighted by Gasteiger charge is -2.21. The molecule has 1 aromatic carbocycles. The summed E-state index contributed by atoms with van der Waals surface area (Å²) in [6.07, 6.45) is 2.20. The average Bonchev–Trinajstić information content (AvgIpc) is 2.65. The molecule has 0 radical (unpaired) electrons. The number of hydrogen-bond donors (Lipinski definition) is 2. The number of hydrogen-bond acceptors (Lipinski definition) is 5. The Kier molecular flexibility index (Phi) is 7.19. The molecule has 0 aliphatic rings. The number of amides is 1. The predicted octanol–water partition coefficient (Wildman–Crippen LogP) is 3.79. The Morgan fingerprint density at radius 1 is 1.00 bits per heavy atom. The molecule has 6 heteroatoms. The van der Waals surface area contributed by atoms with Crippen LogP contribution in [0.15, 0.2) is 36.4 Å². The number of carbonyl (C=O) groups excluding carboxylic acids is 1. The summed E-state index contributed by atoms with van der Waals surface area (Å²) in [5.41, 5.74) is 2.19. The highest BCUT2D eigenvalue weighted by molar-refractivity contribution is 6.02. The van der Waals surface area contributed by atoms with Gasteiger partial charge in [0.2, 0.25) is 0 Å². The van der Waals surface area contributed by atoms with Gasteiger partial charge in [0.1, 0.15) is 5.82 Å². The van der Waals surface area contributed by atoms with Gasteiger partial charge >= 0.3 is 0 Å². The number of nitrogens with one attached hydrogen (secondary N) is 2. The maximum atomic E-state index is 12.3. The molecule has 25 heavy (non-hydrogen) atoms. The van der Waals surface area contributed by atoms with Crippen LogP contribution in [0.1, 0.15) is 44.1 Å². The molecule has 134 valence electrons. The summed E-state index contributed by atoms with van der Waals surface area (Å²) in [6, 6.07) is 11.3. The molecule has 0 saturated heterocycles. The van der Waals surface area contributed by atoms with Gasteiger partial charge in [0.05, 0.1) is 0 Å². The molecule has 0 atom stereocenters. The molecule has 1 amide bonds. The van der Waals surface area contributed by atoms with Gasteiger partial charge in [-0.2, -0.15) is 0 Å². The van der Waals surface area contributed by atoms with Crippen molar-refractivity contribution in [2.75, 3.05) is 35.2 Å². The van der Waals surface area contributed by atoms with Crippen LogP contribution in [0.25, 0.3) is 0 Å². The number of aromatic nitrogens is 2. The lowest BCUT2D eigenvalue weighted by atomic mass is 10.2. The van der Waals surface area contributed by atoms with Gasteiger partial charge < -0.3 is 15.5 Å². The molecule has 6 nitrogen and oxygen atoms in total. The third kappa shape index (κ3) is 5.45. The van der Waals surface area contributed by atoms with E-state index >= 15 is 0 Å². The third-order valence-corrected chi connectivity index (χ3v) is 3.99. The largest absolute Gasteiger partial charge is 0.372 e. The fourth-order valence-corrected chi connectivity index (χ4v) is 2.48. The van der Waals surface area contributed by atoms with Gasteiger partial charge in [-0.25, -0.2) is 0 Å². The van der Waals surface area contributed by atoms with E-state index in [2.05, 4.69) is 46.5 Å². The minimum atomic E-state index is -0.261. The van der Waals surface area contributed by atoms with E-state index in [-0.39, 0.29) is 5.91 Å². The molecule has 0 saturated carbocycles. The summed E-state index contributed by atoms with van der Waals surface area (Å²) < 4.78 is 0. The molecule has 1 heterocycles. The van der Waals surface area contributed by atoms with Gasteiger partial charge in [0, 0.05) is 31.0 Å². The minimum Gasteiger partial charge on any atom is -0.372 e. The van der Waals surface area contributed by atoms with Crippen LogP contribution in [0.2, 0.25) is 0 Å². The van der Waals surface area contributed by atoms with Crippen molar-refractivity contribution < 1.29 is 4.79 Å². The summed E-state index contributed by atoms with van der Waals surface area (Å²) in [4.78, 5) is 14.5. The molecule has 2 aromatic rings. The lowest BCUT2D eigenvalue weighted by Crippen LogP contribution is -2.21. The van der Waals surface area contributed by atoms with E-state index in [1.165, 1.54) is 0 Å². The molecule has 0 aliphatic heterocycles. The van der Waals surface area contributed by atoms with Crippen molar-refractivity contribution in [3.63, 3.8) is 0 Å². The van der Waals surface area contributed by atoms with E-state index in [4.69, 9.17) is 0 Å². The van der Waals surface area contributed by atoms with Crippen molar-refractivity contribution in [2.45, 2.75) is 33.6 Å². The molecule has 0 bridgehead atoms. The topological polar surface area (TPSA) is 70.2 Å². The second-order valence-electron chi connectivity index (χ2n) is 5.76. The Morgan fingerprint density at radius 2 is 1.72 bits per heavy atom. The highest BCUT2D eigenvalue weighted by Gasteiger charge is 2.09. The summed E-state index contributed by atoms with van der Waals surface area (Å²) in [6.45, 7) is 9.15. The second kappa shape index (κ2) is 9.61. The van der Waals surface area contributed by atoms with Crippen LogP contribution in [-0.2, 0) is 0 Å². The van der Waals surface area contributed by atoms with E-state index in [0.29, 0.717) is 11.5 Å². The number of anilines is 3. The zero-order valence-corrected chi connectivity index (χ0v) is 15.2. The number of unbranched alkanes of at least 4 members (excludes halogenated alkanes) is 1. The van der Waals surface area contributed by atoms with Gasteiger partial charge in [0.15, 0.2) is 5.69 Å². The normalized spacial score (nSPS) is 10.4. The fourth-order valence-electron chi connectivity index (χ4n) is 2.48. The molecule has 0 spiro atoms. The van der Waals surface area contributed by atoms with Gasteiger partial charge in [0.25, 0.3) is 5.91 Å². The lowest BCUT2D eigenvalue weighted by molar-refractivity contribution is 0.102. The van der Waals surface area contributed by atoms with Gasteiger partial charge in [-0.05, 0) is 56.7 Å². The SMILES string of the molecule is CCCCNc1ccc(C(=O)Nc2ccc(N(CC)CC)cc2)nn1. The standard InChI is InChI=1S/C19H27N5O/c1-4-7-14-20-18-13-12-17(22-23-18)19(25)21-15-8-10-16(11-9-15)24(5-2)6-3/h8-13H,4-7,14H2,1-3H3,(H,20,23)(H,21,25). The summed E-state index contributed by atoms with van der Waals surface area (Å²) in [5.74, 6) is 0.428. The first-order valence-corrected chi connectivity index (χ1v) is 8.91. The van der Waals surface area contributed by atoms with Gasteiger partial charge in [-0.1, -0.05) is 13.3 Å². The quantitative estimate of drug-likeness (QED) is 0.679. The first-order valence-electron chi connectivity index (χ1n) is 8.91. The van der Waals surface area contributed by atoms with Crippen molar-refractivity contribution in [1.29, 1.82) is 0 Å². The maximum Gasteiger partial charge on any atom is 0.276 e. The van der Waals surface area contributed by atoms with Crippen LogP contribution in [0.5, 0.6) is 0 Å². The van der Waals surface area contributed by atoms with Crippen molar-refractivity contribution in [2.24, 2.45) is 0 Å². The molecule has 0 fully saturated rings. The monoisotopic (exact) mass is 341 g/mol. The average molecular weight is 341 g/mol. The van der Waals surface area contributed by atoms with Crippen LogP contribution >= 0.6 is 0 Å². The molecule has 1 aromatic heterocycles. The zero-order chi connectivity index (χ0) is 18.1. The third-order valence-electron chi connectivity index (χ3n) is 3.99. The Labute approximate surface area is 149 Å². The summed E-state index contributed by atoms with van der Waals surface area (Å²) >= 11 is 0.